The van der Waals surface area contributed by atoms with Crippen LogP contribution in [0.4, 0.5) is 0 Å². The number of fused-ring (bicyclic) bond motifs is 3. The Morgan fingerprint density at radius 3 is 2.92 bits per heavy atom. The zero-order chi connectivity index (χ0) is 8.13. The third kappa shape index (κ3) is 0.773. The molecule has 3 fully saturated rings. The maximum atomic E-state index is 11.6. The monoisotopic (exact) mass is 164 g/mol. The standard InChI is InChI=1S/C11H16O/c12-10-5-4-8-6-7-2-1-3-9(7)11(8)10/h7-9,11H,1-6H2/t7-,8-,9-,11-/m0/s1. The molecular weight excluding hydrogens is 148 g/mol. The highest BCUT2D eigenvalue weighted by atomic mass is 16.1. The summed E-state index contributed by atoms with van der Waals surface area (Å²) in [7, 11) is 0. The summed E-state index contributed by atoms with van der Waals surface area (Å²) < 4.78 is 0. The fraction of sp³-hybridized carbons (Fsp3) is 0.909. The number of carbonyl (C=O) groups is 1. The second-order valence-corrected chi connectivity index (χ2v) is 4.88. The number of hydrogen-bond acceptors (Lipinski definition) is 1. The minimum absolute atomic E-state index is 0.525. The van der Waals surface area contributed by atoms with E-state index in [1.807, 2.05) is 0 Å². The van der Waals surface area contributed by atoms with Crippen LogP contribution in [0.15, 0.2) is 0 Å². The molecule has 4 atom stereocenters. The lowest BCUT2D eigenvalue weighted by molar-refractivity contribution is -0.122. The average Bonchev–Trinajstić information content (AvgIpc) is 2.61. The summed E-state index contributed by atoms with van der Waals surface area (Å²) in [5.74, 6) is 3.72. The van der Waals surface area contributed by atoms with Crippen LogP contribution in [0.5, 0.6) is 0 Å². The molecule has 0 aromatic rings. The normalized spacial score (nSPS) is 51.2. The zero-order valence-electron chi connectivity index (χ0n) is 7.46. The van der Waals surface area contributed by atoms with E-state index in [-0.39, 0.29) is 0 Å². The van der Waals surface area contributed by atoms with Gasteiger partial charge in [-0.25, -0.2) is 0 Å². The molecule has 1 nitrogen and oxygen atoms in total. The molecule has 0 aromatic heterocycles. The smallest absolute Gasteiger partial charge is 0.136 e. The van der Waals surface area contributed by atoms with Gasteiger partial charge in [-0.15, -0.1) is 0 Å². The maximum Gasteiger partial charge on any atom is 0.136 e. The number of hydrogen-bond donors (Lipinski definition) is 0. The van der Waals surface area contributed by atoms with Crippen molar-refractivity contribution in [3.8, 4) is 0 Å². The molecule has 0 spiro atoms. The van der Waals surface area contributed by atoms with Crippen LogP contribution in [0.1, 0.15) is 38.5 Å². The van der Waals surface area contributed by atoms with Crippen LogP contribution in [0.2, 0.25) is 0 Å². The van der Waals surface area contributed by atoms with E-state index in [0.717, 1.165) is 24.2 Å². The second kappa shape index (κ2) is 2.34. The first-order valence-electron chi connectivity index (χ1n) is 5.39. The predicted molar refractivity (Wildman–Crippen MR) is 46.7 cm³/mol. The molecule has 1 heteroatoms. The van der Waals surface area contributed by atoms with E-state index in [1.54, 1.807) is 0 Å². The molecule has 0 bridgehead atoms. The quantitative estimate of drug-likeness (QED) is 0.537. The van der Waals surface area contributed by atoms with Gasteiger partial charge in [0.25, 0.3) is 0 Å². The highest BCUT2D eigenvalue weighted by Crippen LogP contribution is 2.55. The fourth-order valence-corrected chi connectivity index (χ4v) is 4.01. The highest BCUT2D eigenvalue weighted by Gasteiger charge is 2.50. The molecule has 3 rings (SSSR count). The Kier molecular flexibility index (Phi) is 1.38. The molecule has 66 valence electrons. The van der Waals surface area contributed by atoms with E-state index in [1.165, 1.54) is 32.1 Å². The summed E-state index contributed by atoms with van der Waals surface area (Å²) in [5.41, 5.74) is 0. The molecular formula is C11H16O. The number of ketones is 1. The molecule has 0 saturated heterocycles. The average molecular weight is 164 g/mol. The molecule has 0 heterocycles. The van der Waals surface area contributed by atoms with Gasteiger partial charge in [-0.1, -0.05) is 12.8 Å². The third-order valence-corrected chi connectivity index (χ3v) is 4.43. The van der Waals surface area contributed by atoms with Gasteiger partial charge in [0, 0.05) is 12.3 Å². The van der Waals surface area contributed by atoms with Gasteiger partial charge in [-0.2, -0.15) is 0 Å². The van der Waals surface area contributed by atoms with Crippen LogP contribution >= 0.6 is 0 Å². The lowest BCUT2D eigenvalue weighted by atomic mass is 9.89. The summed E-state index contributed by atoms with van der Waals surface area (Å²) in [6.07, 6.45) is 7.68. The van der Waals surface area contributed by atoms with E-state index in [9.17, 15) is 4.79 Å². The molecule has 0 aromatic carbocycles. The molecule has 12 heavy (non-hydrogen) atoms. The first-order chi connectivity index (χ1) is 5.86. The second-order valence-electron chi connectivity index (χ2n) is 4.88. The van der Waals surface area contributed by atoms with Crippen LogP contribution in [-0.2, 0) is 4.79 Å². The minimum atomic E-state index is 0.525. The first-order valence-corrected chi connectivity index (χ1v) is 5.39. The van der Waals surface area contributed by atoms with Gasteiger partial charge in [0.1, 0.15) is 5.78 Å². The van der Waals surface area contributed by atoms with Gasteiger partial charge in [-0.05, 0) is 37.0 Å². The Hall–Kier alpha value is -0.330. The Balaban J connectivity index is 1.90. The topological polar surface area (TPSA) is 17.1 Å². The van der Waals surface area contributed by atoms with Crippen molar-refractivity contribution in [2.75, 3.05) is 0 Å². The van der Waals surface area contributed by atoms with E-state index < -0.39 is 0 Å². The van der Waals surface area contributed by atoms with Crippen molar-refractivity contribution in [3.05, 3.63) is 0 Å². The van der Waals surface area contributed by atoms with Crippen molar-refractivity contribution in [3.63, 3.8) is 0 Å². The van der Waals surface area contributed by atoms with Gasteiger partial charge in [0.15, 0.2) is 0 Å². The van der Waals surface area contributed by atoms with Gasteiger partial charge in [0.2, 0.25) is 0 Å². The SMILES string of the molecule is O=C1CC[C@H]2C[C@@H]3CCC[C@@H]3[C@@H]12. The number of Topliss-reactive ketones (excluding diaryl/α,β-unsaturated/α-hetero) is 1. The van der Waals surface area contributed by atoms with Crippen molar-refractivity contribution < 1.29 is 4.79 Å². The largest absolute Gasteiger partial charge is 0.299 e. The van der Waals surface area contributed by atoms with Crippen molar-refractivity contribution in [2.24, 2.45) is 23.7 Å². The fourth-order valence-electron chi connectivity index (χ4n) is 4.01. The summed E-state index contributed by atoms with van der Waals surface area (Å²) in [6, 6.07) is 0. The van der Waals surface area contributed by atoms with Crippen LogP contribution in [0.25, 0.3) is 0 Å². The molecule has 3 saturated carbocycles. The Bertz CT molecular complexity index is 221. The third-order valence-electron chi connectivity index (χ3n) is 4.43. The molecule has 0 amide bonds. The number of carbonyl (C=O) groups excluding carboxylic acids is 1. The van der Waals surface area contributed by atoms with Crippen LogP contribution < -0.4 is 0 Å². The first kappa shape index (κ1) is 7.11. The molecule has 3 aliphatic carbocycles. The summed E-state index contributed by atoms with van der Waals surface area (Å²) in [5, 5.41) is 0. The molecule has 0 N–H and O–H groups in total. The van der Waals surface area contributed by atoms with Crippen molar-refractivity contribution in [2.45, 2.75) is 38.5 Å². The van der Waals surface area contributed by atoms with E-state index in [4.69, 9.17) is 0 Å². The van der Waals surface area contributed by atoms with Crippen molar-refractivity contribution >= 4 is 5.78 Å². The molecule has 3 aliphatic rings. The maximum absolute atomic E-state index is 11.6. The van der Waals surface area contributed by atoms with Gasteiger partial charge in [-0.3, -0.25) is 4.79 Å². The van der Waals surface area contributed by atoms with Gasteiger partial charge < -0.3 is 0 Å². The summed E-state index contributed by atoms with van der Waals surface area (Å²) in [6.45, 7) is 0. The lowest BCUT2D eigenvalue weighted by Crippen LogP contribution is -2.17. The molecule has 0 unspecified atom stereocenters. The van der Waals surface area contributed by atoms with Gasteiger partial charge in [0.05, 0.1) is 0 Å². The van der Waals surface area contributed by atoms with Crippen molar-refractivity contribution in [1.29, 1.82) is 0 Å². The van der Waals surface area contributed by atoms with E-state index in [2.05, 4.69) is 0 Å². The van der Waals surface area contributed by atoms with E-state index in [0.29, 0.717) is 11.7 Å². The van der Waals surface area contributed by atoms with Gasteiger partial charge >= 0.3 is 0 Å². The van der Waals surface area contributed by atoms with Crippen LogP contribution in [0, 0.1) is 23.7 Å². The molecule has 0 radical (unpaired) electrons. The predicted octanol–water partition coefficient (Wildman–Crippen LogP) is 2.40. The minimum Gasteiger partial charge on any atom is -0.299 e. The summed E-state index contributed by atoms with van der Waals surface area (Å²) in [4.78, 5) is 11.6. The zero-order valence-corrected chi connectivity index (χ0v) is 7.46. The summed E-state index contributed by atoms with van der Waals surface area (Å²) >= 11 is 0. The Morgan fingerprint density at radius 1 is 1.08 bits per heavy atom. The Morgan fingerprint density at radius 2 is 2.00 bits per heavy atom. The molecule has 0 aliphatic heterocycles. The van der Waals surface area contributed by atoms with E-state index >= 15 is 0 Å². The van der Waals surface area contributed by atoms with Crippen LogP contribution in [0.3, 0.4) is 0 Å². The highest BCUT2D eigenvalue weighted by molar-refractivity contribution is 5.84. The Labute approximate surface area is 73.5 Å². The lowest BCUT2D eigenvalue weighted by Gasteiger charge is -2.14. The van der Waals surface area contributed by atoms with Crippen molar-refractivity contribution in [1.82, 2.24) is 0 Å². The van der Waals surface area contributed by atoms with Crippen LogP contribution in [-0.4, -0.2) is 5.78 Å². The number of rotatable bonds is 0.